The zero-order valence-corrected chi connectivity index (χ0v) is 14.7. The fraction of sp³-hybridized carbons (Fsp3) is 0.588. The van der Waals surface area contributed by atoms with Gasteiger partial charge in [0.15, 0.2) is 0 Å². The minimum atomic E-state index is -0.650. The fourth-order valence-corrected chi connectivity index (χ4v) is 5.17. The van der Waals surface area contributed by atoms with Crippen molar-refractivity contribution >= 4 is 34.1 Å². The first kappa shape index (κ1) is 17.0. The van der Waals surface area contributed by atoms with Crippen molar-refractivity contribution in [3.63, 3.8) is 0 Å². The van der Waals surface area contributed by atoms with Crippen LogP contribution in [-0.4, -0.2) is 24.4 Å². The molecule has 24 heavy (non-hydrogen) atoms. The number of carbonyl (C=O) groups excluding carboxylic acids is 3. The summed E-state index contributed by atoms with van der Waals surface area (Å²) in [4.78, 5) is 36.8. The molecule has 7 heteroatoms. The fourth-order valence-electron chi connectivity index (χ4n) is 4.06. The predicted octanol–water partition coefficient (Wildman–Crippen LogP) is 2.71. The number of hydrogen-bond donors (Lipinski definition) is 2. The molecule has 2 aliphatic rings. The highest BCUT2D eigenvalue weighted by Crippen LogP contribution is 2.49. The van der Waals surface area contributed by atoms with E-state index >= 15 is 0 Å². The number of nitrogens with two attached hydrogens (primary N) is 1. The Kier molecular flexibility index (Phi) is 4.62. The zero-order chi connectivity index (χ0) is 17.4. The standard InChI is InChI=1S/C17H22N2O4S/c1-3-23-17(22)13-8(2)12(14(18)20)16(24-13)19-15(21)11-7-9-4-5-10(11)6-9/h9-11H,3-7H2,1-2H3,(H2,18,20)(H,19,21)/t9-,10-,11+/m1/s1. The van der Waals surface area contributed by atoms with Crippen molar-refractivity contribution < 1.29 is 19.1 Å². The molecular weight excluding hydrogens is 328 g/mol. The molecule has 0 radical (unpaired) electrons. The van der Waals surface area contributed by atoms with Gasteiger partial charge in [-0.1, -0.05) is 6.42 Å². The van der Waals surface area contributed by atoms with Crippen LogP contribution in [0.2, 0.25) is 0 Å². The molecule has 3 rings (SSSR count). The van der Waals surface area contributed by atoms with Crippen LogP contribution < -0.4 is 11.1 Å². The summed E-state index contributed by atoms with van der Waals surface area (Å²) in [5.74, 6) is -0.121. The van der Waals surface area contributed by atoms with Crippen LogP contribution in [-0.2, 0) is 9.53 Å². The summed E-state index contributed by atoms with van der Waals surface area (Å²) in [6.07, 6.45) is 4.35. The second-order valence-electron chi connectivity index (χ2n) is 6.62. The largest absolute Gasteiger partial charge is 0.462 e. The molecule has 1 heterocycles. The van der Waals surface area contributed by atoms with Gasteiger partial charge < -0.3 is 15.8 Å². The van der Waals surface area contributed by atoms with Crippen LogP contribution in [0.15, 0.2) is 0 Å². The van der Waals surface area contributed by atoms with E-state index in [9.17, 15) is 14.4 Å². The second-order valence-corrected chi connectivity index (χ2v) is 7.64. The number of rotatable bonds is 5. The number of amides is 2. The van der Waals surface area contributed by atoms with Crippen molar-refractivity contribution in [1.29, 1.82) is 0 Å². The summed E-state index contributed by atoms with van der Waals surface area (Å²) in [6.45, 7) is 3.61. The van der Waals surface area contributed by atoms with E-state index in [1.54, 1.807) is 13.8 Å². The predicted molar refractivity (Wildman–Crippen MR) is 91.1 cm³/mol. The molecule has 0 saturated heterocycles. The monoisotopic (exact) mass is 350 g/mol. The van der Waals surface area contributed by atoms with Crippen LogP contribution in [0.4, 0.5) is 5.00 Å². The molecule has 2 bridgehead atoms. The molecule has 130 valence electrons. The van der Waals surface area contributed by atoms with Gasteiger partial charge in [-0.05, 0) is 50.5 Å². The van der Waals surface area contributed by atoms with E-state index in [2.05, 4.69) is 5.32 Å². The first-order valence-corrected chi connectivity index (χ1v) is 9.15. The Bertz CT molecular complexity index is 697. The minimum Gasteiger partial charge on any atom is -0.462 e. The number of nitrogens with one attached hydrogen (secondary N) is 1. The van der Waals surface area contributed by atoms with Crippen LogP contribution in [0.25, 0.3) is 0 Å². The van der Waals surface area contributed by atoms with Crippen LogP contribution in [0.5, 0.6) is 0 Å². The lowest BCUT2D eigenvalue weighted by Crippen LogP contribution is -2.27. The average molecular weight is 350 g/mol. The topological polar surface area (TPSA) is 98.5 Å². The van der Waals surface area contributed by atoms with Crippen LogP contribution in [0.1, 0.15) is 58.2 Å². The molecule has 0 spiro atoms. The number of thiophene rings is 1. The molecule has 2 fully saturated rings. The van der Waals surface area contributed by atoms with Gasteiger partial charge in [0.05, 0.1) is 12.2 Å². The third kappa shape index (κ3) is 2.92. The summed E-state index contributed by atoms with van der Waals surface area (Å²) in [5, 5.41) is 3.21. The summed E-state index contributed by atoms with van der Waals surface area (Å²) in [7, 11) is 0. The minimum absolute atomic E-state index is 0.00192. The van der Waals surface area contributed by atoms with E-state index in [1.165, 1.54) is 6.42 Å². The number of ether oxygens (including phenoxy) is 1. The lowest BCUT2D eigenvalue weighted by molar-refractivity contribution is -0.121. The summed E-state index contributed by atoms with van der Waals surface area (Å²) < 4.78 is 5.01. The number of fused-ring (bicyclic) bond motifs is 2. The maximum absolute atomic E-state index is 12.6. The van der Waals surface area contributed by atoms with Gasteiger partial charge >= 0.3 is 5.97 Å². The van der Waals surface area contributed by atoms with Gasteiger partial charge in [0.25, 0.3) is 5.91 Å². The Balaban J connectivity index is 1.84. The molecule has 0 aliphatic heterocycles. The molecular formula is C17H22N2O4S. The zero-order valence-electron chi connectivity index (χ0n) is 13.9. The summed E-state index contributed by atoms with van der Waals surface area (Å²) in [5.41, 5.74) is 6.13. The maximum Gasteiger partial charge on any atom is 0.348 e. The third-order valence-electron chi connectivity index (χ3n) is 5.17. The van der Waals surface area contributed by atoms with Crippen molar-refractivity contribution in [2.24, 2.45) is 23.5 Å². The van der Waals surface area contributed by atoms with Gasteiger partial charge in [0.1, 0.15) is 9.88 Å². The van der Waals surface area contributed by atoms with Crippen molar-refractivity contribution in [3.05, 3.63) is 16.0 Å². The van der Waals surface area contributed by atoms with Gasteiger partial charge in [-0.3, -0.25) is 9.59 Å². The molecule has 3 N–H and O–H groups in total. The number of esters is 1. The molecule has 1 aromatic heterocycles. The van der Waals surface area contributed by atoms with Crippen LogP contribution in [0.3, 0.4) is 0 Å². The first-order chi connectivity index (χ1) is 11.4. The van der Waals surface area contributed by atoms with Gasteiger partial charge in [0.2, 0.25) is 5.91 Å². The third-order valence-corrected chi connectivity index (χ3v) is 6.35. The Morgan fingerprint density at radius 1 is 1.29 bits per heavy atom. The maximum atomic E-state index is 12.6. The average Bonchev–Trinajstić information content (AvgIpc) is 3.21. The van der Waals surface area contributed by atoms with E-state index in [0.29, 0.717) is 27.3 Å². The molecule has 3 atom stereocenters. The lowest BCUT2D eigenvalue weighted by atomic mass is 9.88. The molecule has 2 saturated carbocycles. The Hall–Kier alpha value is -1.89. The normalized spacial score (nSPS) is 24.8. The highest BCUT2D eigenvalue weighted by atomic mass is 32.1. The van der Waals surface area contributed by atoms with Crippen LogP contribution in [0, 0.1) is 24.7 Å². The quantitative estimate of drug-likeness (QED) is 0.798. The van der Waals surface area contributed by atoms with Gasteiger partial charge in [0, 0.05) is 5.92 Å². The molecule has 2 amide bonds. The highest BCUT2D eigenvalue weighted by molar-refractivity contribution is 7.18. The van der Waals surface area contributed by atoms with Gasteiger partial charge in [-0.2, -0.15) is 0 Å². The van der Waals surface area contributed by atoms with Crippen molar-refractivity contribution in [2.45, 2.75) is 39.5 Å². The first-order valence-electron chi connectivity index (χ1n) is 8.33. The van der Waals surface area contributed by atoms with E-state index in [0.717, 1.165) is 30.6 Å². The molecule has 0 unspecified atom stereocenters. The summed E-state index contributed by atoms with van der Waals surface area (Å²) in [6, 6.07) is 0. The molecule has 6 nitrogen and oxygen atoms in total. The number of hydrogen-bond acceptors (Lipinski definition) is 5. The number of carbonyl (C=O) groups is 3. The number of primary amides is 1. The van der Waals surface area contributed by atoms with E-state index < -0.39 is 11.9 Å². The van der Waals surface area contributed by atoms with E-state index in [-0.39, 0.29) is 24.0 Å². The number of anilines is 1. The van der Waals surface area contributed by atoms with Gasteiger partial charge in [-0.15, -0.1) is 11.3 Å². The summed E-state index contributed by atoms with van der Waals surface area (Å²) >= 11 is 1.06. The second kappa shape index (κ2) is 6.55. The lowest BCUT2D eigenvalue weighted by Gasteiger charge is -2.20. The van der Waals surface area contributed by atoms with Gasteiger partial charge in [-0.25, -0.2) is 4.79 Å². The van der Waals surface area contributed by atoms with Crippen LogP contribution >= 0.6 is 11.3 Å². The molecule has 0 aromatic carbocycles. The van der Waals surface area contributed by atoms with Crippen molar-refractivity contribution in [3.8, 4) is 0 Å². The Morgan fingerprint density at radius 2 is 2.04 bits per heavy atom. The Morgan fingerprint density at radius 3 is 2.58 bits per heavy atom. The molecule has 1 aromatic rings. The Labute approximate surface area is 144 Å². The van der Waals surface area contributed by atoms with Crippen molar-refractivity contribution in [1.82, 2.24) is 0 Å². The SMILES string of the molecule is CCOC(=O)c1sc(NC(=O)[C@H]2C[C@@H]3CC[C@@H]2C3)c(C(N)=O)c1C. The van der Waals surface area contributed by atoms with E-state index in [4.69, 9.17) is 10.5 Å². The highest BCUT2D eigenvalue weighted by Gasteiger charge is 2.43. The van der Waals surface area contributed by atoms with Crippen molar-refractivity contribution in [2.75, 3.05) is 11.9 Å². The van der Waals surface area contributed by atoms with E-state index in [1.807, 2.05) is 0 Å². The smallest absolute Gasteiger partial charge is 0.348 e. The molecule has 2 aliphatic carbocycles.